The number of hydrogen-bond acceptors (Lipinski definition) is 3. The molecule has 1 saturated heterocycles. The predicted molar refractivity (Wildman–Crippen MR) is 83.6 cm³/mol. The summed E-state index contributed by atoms with van der Waals surface area (Å²) in [6.45, 7) is 3.05. The molecule has 0 saturated carbocycles. The average Bonchev–Trinajstić information content (AvgIpc) is 2.43. The Kier molecular flexibility index (Phi) is 5.05. The number of amides is 1. The highest BCUT2D eigenvalue weighted by atomic mass is 32.2. The largest absolute Gasteiger partial charge is 0.341 e. The van der Waals surface area contributed by atoms with Gasteiger partial charge in [-0.3, -0.25) is 9.10 Å². The summed E-state index contributed by atoms with van der Waals surface area (Å²) in [6, 6.07) is 5.26. The number of piperidine rings is 1. The van der Waals surface area contributed by atoms with Crippen LogP contribution in [0.15, 0.2) is 24.3 Å². The summed E-state index contributed by atoms with van der Waals surface area (Å²) < 4.78 is 38.2. The van der Waals surface area contributed by atoms with Gasteiger partial charge < -0.3 is 4.90 Å². The molecular weight excluding hydrogens is 307 g/mol. The van der Waals surface area contributed by atoms with Crippen LogP contribution in [0.4, 0.5) is 10.1 Å². The number of likely N-dealkylation sites (tertiary alicyclic amines) is 1. The fourth-order valence-electron chi connectivity index (χ4n) is 2.67. The van der Waals surface area contributed by atoms with Crippen molar-refractivity contribution in [3.8, 4) is 0 Å². The molecule has 0 spiro atoms. The maximum Gasteiger partial charge on any atom is 0.243 e. The lowest BCUT2D eigenvalue weighted by molar-refractivity contribution is -0.131. The third kappa shape index (κ3) is 4.19. The maximum atomic E-state index is 13.3. The van der Waals surface area contributed by atoms with Crippen LogP contribution < -0.4 is 4.31 Å². The minimum atomic E-state index is -3.66. The third-order valence-electron chi connectivity index (χ3n) is 3.79. The van der Waals surface area contributed by atoms with E-state index in [0.29, 0.717) is 19.0 Å². The van der Waals surface area contributed by atoms with E-state index in [1.54, 1.807) is 4.90 Å². The Morgan fingerprint density at radius 1 is 1.45 bits per heavy atom. The van der Waals surface area contributed by atoms with Gasteiger partial charge in [-0.1, -0.05) is 13.0 Å². The van der Waals surface area contributed by atoms with Gasteiger partial charge in [0.05, 0.1) is 11.9 Å². The van der Waals surface area contributed by atoms with E-state index in [1.165, 1.54) is 18.2 Å². The minimum Gasteiger partial charge on any atom is -0.341 e. The van der Waals surface area contributed by atoms with E-state index >= 15 is 0 Å². The summed E-state index contributed by atoms with van der Waals surface area (Å²) in [4.78, 5) is 14.1. The van der Waals surface area contributed by atoms with Gasteiger partial charge in [0.15, 0.2) is 0 Å². The Bertz CT molecular complexity index is 648. The van der Waals surface area contributed by atoms with Gasteiger partial charge in [-0.05, 0) is 37.0 Å². The highest BCUT2D eigenvalue weighted by Gasteiger charge is 2.26. The topological polar surface area (TPSA) is 57.7 Å². The van der Waals surface area contributed by atoms with E-state index < -0.39 is 15.8 Å². The summed E-state index contributed by atoms with van der Waals surface area (Å²) in [7, 11) is -3.66. The van der Waals surface area contributed by atoms with Crippen molar-refractivity contribution < 1.29 is 17.6 Å². The molecule has 1 heterocycles. The standard InChI is InChI=1S/C15H21FN2O3S/c1-12-5-4-8-17(10-12)15(19)11-18(22(2,20)21)14-7-3-6-13(16)9-14/h3,6-7,9,12H,4-5,8,10-11H2,1-2H3/t12-/m0/s1. The van der Waals surface area contributed by atoms with Crippen LogP contribution in [0.2, 0.25) is 0 Å². The summed E-state index contributed by atoms with van der Waals surface area (Å²) in [5, 5.41) is 0. The highest BCUT2D eigenvalue weighted by molar-refractivity contribution is 7.92. The molecule has 5 nitrogen and oxygen atoms in total. The van der Waals surface area contributed by atoms with Crippen molar-refractivity contribution in [1.29, 1.82) is 0 Å². The number of rotatable bonds is 4. The van der Waals surface area contributed by atoms with Gasteiger partial charge in [0.25, 0.3) is 0 Å². The Morgan fingerprint density at radius 3 is 2.77 bits per heavy atom. The maximum absolute atomic E-state index is 13.3. The summed E-state index contributed by atoms with van der Waals surface area (Å²) in [5.41, 5.74) is 0.168. The van der Waals surface area contributed by atoms with E-state index in [2.05, 4.69) is 6.92 Å². The van der Waals surface area contributed by atoms with Gasteiger partial charge in [-0.15, -0.1) is 0 Å². The first kappa shape index (κ1) is 16.7. The van der Waals surface area contributed by atoms with Gasteiger partial charge in [-0.2, -0.15) is 0 Å². The molecule has 1 aromatic rings. The Labute approximate surface area is 130 Å². The molecule has 1 aliphatic rings. The number of nitrogens with zero attached hydrogens (tertiary/aromatic N) is 2. The predicted octanol–water partition coefficient (Wildman–Crippen LogP) is 1.85. The Morgan fingerprint density at radius 2 is 2.18 bits per heavy atom. The third-order valence-corrected chi connectivity index (χ3v) is 4.93. The fraction of sp³-hybridized carbons (Fsp3) is 0.533. The Balaban J connectivity index is 2.19. The lowest BCUT2D eigenvalue weighted by atomic mass is 10.0. The smallest absolute Gasteiger partial charge is 0.243 e. The van der Waals surface area contributed by atoms with Crippen molar-refractivity contribution in [3.63, 3.8) is 0 Å². The summed E-state index contributed by atoms with van der Waals surface area (Å²) in [5.74, 6) is -0.370. The average molecular weight is 328 g/mol. The van der Waals surface area contributed by atoms with Gasteiger partial charge >= 0.3 is 0 Å². The van der Waals surface area contributed by atoms with Crippen LogP contribution in [0.3, 0.4) is 0 Å². The van der Waals surface area contributed by atoms with Crippen molar-refractivity contribution in [2.75, 3.05) is 30.2 Å². The fourth-order valence-corrected chi connectivity index (χ4v) is 3.51. The van der Waals surface area contributed by atoms with Gasteiger partial charge in [0.2, 0.25) is 15.9 Å². The molecule has 22 heavy (non-hydrogen) atoms. The monoisotopic (exact) mass is 328 g/mol. The number of benzene rings is 1. The number of carbonyl (C=O) groups excluding carboxylic acids is 1. The van der Waals surface area contributed by atoms with Crippen LogP contribution in [0, 0.1) is 11.7 Å². The van der Waals surface area contributed by atoms with Crippen LogP contribution in [-0.2, 0) is 14.8 Å². The zero-order valence-electron chi connectivity index (χ0n) is 12.8. The van der Waals surface area contributed by atoms with Crippen LogP contribution in [0.1, 0.15) is 19.8 Å². The van der Waals surface area contributed by atoms with Crippen molar-refractivity contribution in [2.24, 2.45) is 5.92 Å². The van der Waals surface area contributed by atoms with Crippen molar-refractivity contribution in [3.05, 3.63) is 30.1 Å². The Hall–Kier alpha value is -1.63. The normalized spacial score (nSPS) is 19.0. The van der Waals surface area contributed by atoms with Gasteiger partial charge in [0, 0.05) is 13.1 Å². The van der Waals surface area contributed by atoms with Gasteiger partial charge in [0.1, 0.15) is 12.4 Å². The number of carbonyl (C=O) groups is 1. The molecule has 0 N–H and O–H groups in total. The molecule has 0 unspecified atom stereocenters. The SMILES string of the molecule is C[C@H]1CCCN(C(=O)CN(c2cccc(F)c2)S(C)(=O)=O)C1. The molecule has 7 heteroatoms. The molecule has 0 radical (unpaired) electrons. The number of hydrogen-bond donors (Lipinski definition) is 0. The van der Waals surface area contributed by atoms with E-state index in [-0.39, 0.29) is 18.1 Å². The zero-order valence-corrected chi connectivity index (χ0v) is 13.6. The summed E-state index contributed by atoms with van der Waals surface area (Å²) in [6.07, 6.45) is 3.01. The second kappa shape index (κ2) is 6.64. The first-order chi connectivity index (χ1) is 10.3. The molecule has 1 aromatic carbocycles. The number of anilines is 1. The quantitative estimate of drug-likeness (QED) is 0.847. The highest BCUT2D eigenvalue weighted by Crippen LogP contribution is 2.20. The lowest BCUT2D eigenvalue weighted by Crippen LogP contribution is -2.46. The van der Waals surface area contributed by atoms with E-state index in [1.807, 2.05) is 0 Å². The molecule has 1 atom stereocenters. The first-order valence-electron chi connectivity index (χ1n) is 7.28. The van der Waals surface area contributed by atoms with E-state index in [0.717, 1.165) is 29.5 Å². The van der Waals surface area contributed by atoms with E-state index in [4.69, 9.17) is 0 Å². The van der Waals surface area contributed by atoms with Crippen LogP contribution >= 0.6 is 0 Å². The van der Waals surface area contributed by atoms with Gasteiger partial charge in [-0.25, -0.2) is 12.8 Å². The number of halogens is 1. The molecule has 0 aliphatic carbocycles. The van der Waals surface area contributed by atoms with Crippen molar-refractivity contribution >= 4 is 21.6 Å². The zero-order chi connectivity index (χ0) is 16.3. The lowest BCUT2D eigenvalue weighted by Gasteiger charge is -2.33. The second-order valence-electron chi connectivity index (χ2n) is 5.84. The first-order valence-corrected chi connectivity index (χ1v) is 9.13. The second-order valence-corrected chi connectivity index (χ2v) is 7.74. The molecular formula is C15H21FN2O3S. The van der Waals surface area contributed by atoms with Crippen LogP contribution in [-0.4, -0.2) is 45.1 Å². The van der Waals surface area contributed by atoms with E-state index in [9.17, 15) is 17.6 Å². The molecule has 1 amide bonds. The van der Waals surface area contributed by atoms with Crippen LogP contribution in [0.25, 0.3) is 0 Å². The number of sulfonamides is 1. The summed E-state index contributed by atoms with van der Waals surface area (Å²) >= 11 is 0. The van der Waals surface area contributed by atoms with Crippen molar-refractivity contribution in [2.45, 2.75) is 19.8 Å². The molecule has 0 aromatic heterocycles. The molecule has 122 valence electrons. The van der Waals surface area contributed by atoms with Crippen LogP contribution in [0.5, 0.6) is 0 Å². The molecule has 1 aliphatic heterocycles. The molecule has 0 bridgehead atoms. The minimum absolute atomic E-state index is 0.168. The van der Waals surface area contributed by atoms with Crippen molar-refractivity contribution in [1.82, 2.24) is 4.90 Å². The molecule has 1 fully saturated rings. The molecule has 2 rings (SSSR count).